The van der Waals surface area contributed by atoms with Gasteiger partial charge in [-0.3, -0.25) is 9.59 Å². The fourth-order valence-electron chi connectivity index (χ4n) is 5.37. The fraction of sp³-hybridized carbons (Fsp3) is 0.303. The zero-order valence-electron chi connectivity index (χ0n) is 23.4. The minimum atomic E-state index is -0.427. The number of aliphatic hydroxyl groups excluding tert-OH is 1. The van der Waals surface area contributed by atoms with Gasteiger partial charge in [-0.1, -0.05) is 30.3 Å². The molecule has 0 bridgehead atoms. The lowest BCUT2D eigenvalue weighted by atomic mass is 10.0. The van der Waals surface area contributed by atoms with Crippen LogP contribution in [0.5, 0.6) is 0 Å². The second-order valence-corrected chi connectivity index (χ2v) is 10.7. The molecule has 212 valence electrons. The smallest absolute Gasteiger partial charge is 0.254 e. The lowest BCUT2D eigenvalue weighted by Crippen LogP contribution is -2.40. The molecule has 2 amide bonds. The summed E-state index contributed by atoms with van der Waals surface area (Å²) in [5, 5.41) is 14.2. The van der Waals surface area contributed by atoms with Gasteiger partial charge < -0.3 is 20.2 Å². The van der Waals surface area contributed by atoms with Gasteiger partial charge in [0.15, 0.2) is 0 Å². The van der Waals surface area contributed by atoms with E-state index in [1.54, 1.807) is 41.3 Å². The summed E-state index contributed by atoms with van der Waals surface area (Å²) in [5.74, 6) is 0.146. The van der Waals surface area contributed by atoms with Crippen molar-refractivity contribution in [3.63, 3.8) is 0 Å². The molecule has 1 fully saturated rings. The number of rotatable bonds is 8. The number of hydrogen-bond acceptors (Lipinski definition) is 5. The van der Waals surface area contributed by atoms with Gasteiger partial charge in [-0.05, 0) is 79.8 Å². The SMILES string of the molecule is CC(=O)Nc1ccc(C(=O)N(CCc2ccc(F)cc2)Cc2cc3cccc(C)c3nc2N2CCCC(O)C2)cc1. The van der Waals surface area contributed by atoms with E-state index in [-0.39, 0.29) is 17.6 Å². The molecule has 0 aliphatic carbocycles. The first-order chi connectivity index (χ1) is 19.8. The van der Waals surface area contributed by atoms with Gasteiger partial charge in [-0.25, -0.2) is 9.37 Å². The van der Waals surface area contributed by atoms with E-state index in [2.05, 4.69) is 16.3 Å². The van der Waals surface area contributed by atoms with Gasteiger partial charge in [0, 0.05) is 55.3 Å². The van der Waals surface area contributed by atoms with Crippen LogP contribution in [0, 0.1) is 12.7 Å². The molecule has 0 spiro atoms. The van der Waals surface area contributed by atoms with E-state index >= 15 is 0 Å². The fourth-order valence-corrected chi connectivity index (χ4v) is 5.37. The summed E-state index contributed by atoms with van der Waals surface area (Å²) in [4.78, 5) is 34.4. The van der Waals surface area contributed by atoms with Gasteiger partial charge >= 0.3 is 0 Å². The second kappa shape index (κ2) is 12.5. The van der Waals surface area contributed by atoms with E-state index in [0.29, 0.717) is 37.3 Å². The van der Waals surface area contributed by atoms with Crippen LogP contribution < -0.4 is 10.2 Å². The van der Waals surface area contributed by atoms with Crippen molar-refractivity contribution in [2.45, 2.75) is 45.8 Å². The van der Waals surface area contributed by atoms with Crippen molar-refractivity contribution in [3.05, 3.63) is 101 Å². The zero-order valence-corrected chi connectivity index (χ0v) is 23.4. The number of amides is 2. The van der Waals surface area contributed by atoms with E-state index in [1.807, 2.05) is 25.1 Å². The Morgan fingerprint density at radius 2 is 1.85 bits per heavy atom. The highest BCUT2D eigenvalue weighted by Gasteiger charge is 2.25. The minimum absolute atomic E-state index is 0.157. The summed E-state index contributed by atoms with van der Waals surface area (Å²) < 4.78 is 13.5. The van der Waals surface area contributed by atoms with Gasteiger partial charge in [-0.15, -0.1) is 0 Å². The number of carbonyl (C=O) groups excluding carboxylic acids is 2. The maximum absolute atomic E-state index is 13.9. The number of carbonyl (C=O) groups is 2. The molecular formula is C33H35FN4O3. The maximum Gasteiger partial charge on any atom is 0.254 e. The quantitative estimate of drug-likeness (QED) is 0.301. The number of aryl methyl sites for hydroxylation is 1. The van der Waals surface area contributed by atoms with E-state index in [1.165, 1.54) is 19.1 Å². The minimum Gasteiger partial charge on any atom is -0.391 e. The molecule has 5 rings (SSSR count). The summed E-state index contributed by atoms with van der Waals surface area (Å²) >= 11 is 0. The summed E-state index contributed by atoms with van der Waals surface area (Å²) in [6, 6.07) is 21.3. The molecule has 1 saturated heterocycles. The van der Waals surface area contributed by atoms with Gasteiger partial charge in [-0.2, -0.15) is 0 Å². The van der Waals surface area contributed by atoms with Gasteiger partial charge in [0.05, 0.1) is 11.6 Å². The molecule has 1 aromatic heterocycles. The Hall–Kier alpha value is -4.30. The van der Waals surface area contributed by atoms with Crippen LogP contribution in [0.25, 0.3) is 10.9 Å². The van der Waals surface area contributed by atoms with Crippen LogP contribution in [0.4, 0.5) is 15.9 Å². The summed E-state index contributed by atoms with van der Waals surface area (Å²) in [7, 11) is 0. The Labute approximate surface area is 239 Å². The standard InChI is InChI=1S/C33H35FN4O3/c1-22-5-3-6-26-19-27(32(36-31(22)26)37-17-4-7-30(40)21-37)20-38(18-16-24-8-12-28(34)13-9-24)33(41)25-10-14-29(15-11-25)35-23(2)39/h3,5-6,8-15,19,30,40H,4,7,16-18,20-21H2,1-2H3,(H,35,39). The van der Waals surface area contributed by atoms with Gasteiger partial charge in [0.1, 0.15) is 11.6 Å². The van der Waals surface area contributed by atoms with E-state index in [9.17, 15) is 19.1 Å². The number of nitrogens with zero attached hydrogens (tertiary/aromatic N) is 3. The number of fused-ring (bicyclic) bond motifs is 1. The van der Waals surface area contributed by atoms with Crippen LogP contribution in [0.1, 0.15) is 46.8 Å². The van der Waals surface area contributed by atoms with E-state index in [4.69, 9.17) is 4.98 Å². The van der Waals surface area contributed by atoms with Crippen LogP contribution in [-0.4, -0.2) is 52.5 Å². The monoisotopic (exact) mass is 554 g/mol. The number of aromatic nitrogens is 1. The normalized spacial score (nSPS) is 15.1. The molecule has 1 unspecified atom stereocenters. The molecular weight excluding hydrogens is 519 g/mol. The van der Waals surface area contributed by atoms with Crippen LogP contribution in [-0.2, 0) is 17.8 Å². The summed E-state index contributed by atoms with van der Waals surface area (Å²) in [5.41, 5.74) is 4.92. The first kappa shape index (κ1) is 28.2. The largest absolute Gasteiger partial charge is 0.391 e. The Morgan fingerprint density at radius 3 is 2.56 bits per heavy atom. The molecule has 0 saturated carbocycles. The third-order valence-corrected chi connectivity index (χ3v) is 7.48. The van der Waals surface area contributed by atoms with Crippen molar-refractivity contribution in [1.82, 2.24) is 9.88 Å². The van der Waals surface area contributed by atoms with Crippen LogP contribution in [0.2, 0.25) is 0 Å². The lowest BCUT2D eigenvalue weighted by Gasteiger charge is -2.34. The number of para-hydroxylation sites is 1. The molecule has 1 aliphatic rings. The van der Waals surface area contributed by atoms with E-state index < -0.39 is 6.10 Å². The van der Waals surface area contributed by atoms with Crippen molar-refractivity contribution >= 4 is 34.2 Å². The van der Waals surface area contributed by atoms with Crippen molar-refractivity contribution in [2.75, 3.05) is 29.9 Å². The summed E-state index contributed by atoms with van der Waals surface area (Å²) in [6.45, 7) is 5.47. The highest BCUT2D eigenvalue weighted by molar-refractivity contribution is 5.95. The van der Waals surface area contributed by atoms with Crippen molar-refractivity contribution in [3.8, 4) is 0 Å². The number of hydrogen-bond donors (Lipinski definition) is 2. The van der Waals surface area contributed by atoms with Crippen molar-refractivity contribution in [1.29, 1.82) is 0 Å². The molecule has 2 heterocycles. The number of β-amino-alcohol motifs (C(OH)–C–C–N with tert-alkyl or cyclic N) is 1. The third kappa shape index (κ3) is 6.89. The number of nitrogens with one attached hydrogen (secondary N) is 1. The molecule has 0 radical (unpaired) electrons. The molecule has 2 N–H and O–H groups in total. The molecule has 3 aromatic carbocycles. The second-order valence-electron chi connectivity index (χ2n) is 10.7. The van der Waals surface area contributed by atoms with Crippen LogP contribution in [0.15, 0.2) is 72.8 Å². The predicted octanol–water partition coefficient (Wildman–Crippen LogP) is 5.49. The Kier molecular flexibility index (Phi) is 8.59. The Morgan fingerprint density at radius 1 is 1.10 bits per heavy atom. The number of anilines is 2. The van der Waals surface area contributed by atoms with Gasteiger partial charge in [0.25, 0.3) is 5.91 Å². The molecule has 7 nitrogen and oxygen atoms in total. The predicted molar refractivity (Wildman–Crippen MR) is 160 cm³/mol. The molecule has 4 aromatic rings. The Balaban J connectivity index is 1.50. The van der Waals surface area contributed by atoms with Crippen molar-refractivity contribution in [2.24, 2.45) is 0 Å². The highest BCUT2D eigenvalue weighted by atomic mass is 19.1. The number of aliphatic hydroxyl groups is 1. The number of piperidine rings is 1. The molecule has 41 heavy (non-hydrogen) atoms. The highest BCUT2D eigenvalue weighted by Crippen LogP contribution is 2.29. The summed E-state index contributed by atoms with van der Waals surface area (Å²) in [6.07, 6.45) is 1.75. The first-order valence-electron chi connectivity index (χ1n) is 14.0. The number of benzene rings is 3. The lowest BCUT2D eigenvalue weighted by molar-refractivity contribution is -0.114. The van der Waals surface area contributed by atoms with E-state index in [0.717, 1.165) is 52.8 Å². The molecule has 1 atom stereocenters. The first-order valence-corrected chi connectivity index (χ1v) is 14.0. The third-order valence-electron chi connectivity index (χ3n) is 7.48. The number of halogens is 1. The van der Waals surface area contributed by atoms with Crippen molar-refractivity contribution < 1.29 is 19.1 Å². The number of pyridine rings is 1. The van der Waals surface area contributed by atoms with Crippen LogP contribution >= 0.6 is 0 Å². The molecule has 1 aliphatic heterocycles. The average Bonchev–Trinajstić information content (AvgIpc) is 2.96. The maximum atomic E-state index is 13.9. The Bertz CT molecular complexity index is 1540. The van der Waals surface area contributed by atoms with Gasteiger partial charge in [0.2, 0.25) is 5.91 Å². The topological polar surface area (TPSA) is 85.8 Å². The average molecular weight is 555 g/mol. The zero-order chi connectivity index (χ0) is 28.9. The molecule has 8 heteroatoms. The van der Waals surface area contributed by atoms with Crippen LogP contribution in [0.3, 0.4) is 0 Å².